The van der Waals surface area contributed by atoms with Crippen molar-refractivity contribution in [2.75, 3.05) is 5.32 Å². The molecule has 7 nitrogen and oxygen atoms in total. The number of carbonyl (C=O) groups excluding carboxylic acids is 3. The number of fused-ring (bicyclic) bond motifs is 2. The number of nitrogens with zero attached hydrogens (tertiary/aromatic N) is 3. The van der Waals surface area contributed by atoms with Gasteiger partial charge in [-0.1, -0.05) is 66.4 Å². The monoisotopic (exact) mass is 454 g/mol. The summed E-state index contributed by atoms with van der Waals surface area (Å²) < 4.78 is 1.64. The molecule has 0 bridgehead atoms. The summed E-state index contributed by atoms with van der Waals surface area (Å²) >= 11 is 1.21. The molecule has 8 heteroatoms. The van der Waals surface area contributed by atoms with Crippen LogP contribution < -0.4 is 5.32 Å². The smallest absolute Gasteiger partial charge is 0.237 e. The largest absolute Gasteiger partial charge is 0.324 e. The van der Waals surface area contributed by atoms with Crippen molar-refractivity contribution in [3.63, 3.8) is 0 Å². The lowest BCUT2D eigenvalue weighted by Crippen LogP contribution is -2.27. The number of benzene rings is 3. The number of hydrogen-bond acceptors (Lipinski definition) is 6. The Morgan fingerprint density at radius 1 is 0.879 bits per heavy atom. The fraction of sp³-hybridized carbons (Fsp3) is 0.0800. The number of amides is 1. The van der Waals surface area contributed by atoms with Gasteiger partial charge in [0.25, 0.3) is 0 Å². The van der Waals surface area contributed by atoms with Gasteiger partial charge in [0.05, 0.1) is 22.2 Å². The zero-order valence-corrected chi connectivity index (χ0v) is 18.4. The molecule has 1 aromatic heterocycles. The number of aromatic nitrogens is 3. The van der Waals surface area contributed by atoms with Gasteiger partial charge in [0.1, 0.15) is 6.33 Å². The Morgan fingerprint density at radius 3 is 2.30 bits per heavy atom. The Hall–Kier alpha value is -4.04. The van der Waals surface area contributed by atoms with E-state index in [4.69, 9.17) is 0 Å². The minimum Gasteiger partial charge on any atom is -0.324 e. The van der Waals surface area contributed by atoms with Crippen LogP contribution in [0.4, 0.5) is 5.69 Å². The molecule has 1 aliphatic carbocycles. The molecule has 0 spiro atoms. The summed E-state index contributed by atoms with van der Waals surface area (Å²) in [6.45, 7) is 1.74. The van der Waals surface area contributed by atoms with Gasteiger partial charge >= 0.3 is 0 Å². The predicted octanol–water partition coefficient (Wildman–Crippen LogP) is 4.16. The van der Waals surface area contributed by atoms with E-state index in [-0.39, 0.29) is 23.0 Å². The molecular weight excluding hydrogens is 436 g/mol. The van der Waals surface area contributed by atoms with Crippen LogP contribution in [0.15, 0.2) is 84.3 Å². The Bertz CT molecular complexity index is 1400. The van der Waals surface area contributed by atoms with Crippen LogP contribution in [0.2, 0.25) is 0 Å². The summed E-state index contributed by atoms with van der Waals surface area (Å²) in [5.41, 5.74) is 2.42. The van der Waals surface area contributed by atoms with Crippen LogP contribution in [0, 0.1) is 0 Å². The Morgan fingerprint density at radius 2 is 1.55 bits per heavy atom. The summed E-state index contributed by atoms with van der Waals surface area (Å²) in [4.78, 5) is 43.2. The van der Waals surface area contributed by atoms with Crippen LogP contribution in [0.25, 0.3) is 5.69 Å². The highest BCUT2D eigenvalue weighted by Gasteiger charge is 2.32. The van der Waals surface area contributed by atoms with Crippen molar-refractivity contribution in [2.45, 2.75) is 17.3 Å². The minimum absolute atomic E-state index is 0.221. The Labute approximate surface area is 193 Å². The van der Waals surface area contributed by atoms with Crippen LogP contribution >= 0.6 is 11.8 Å². The van der Waals surface area contributed by atoms with Crippen LogP contribution in [-0.2, 0) is 4.79 Å². The molecule has 1 atom stereocenters. The number of ketones is 2. The third kappa shape index (κ3) is 3.85. The highest BCUT2D eigenvalue weighted by molar-refractivity contribution is 8.00. The molecule has 1 heterocycles. The standard InChI is InChI=1S/C25H18N4O3S/c1-15(33-25-26-14-29(28-25)16-8-3-2-4-9-16)24(32)27-20-13-7-12-19-21(20)23(31)18-11-6-5-10-17(18)22(19)30/h2-15H,1H3,(H,27,32). The quantitative estimate of drug-likeness (QED) is 0.401. The molecule has 1 unspecified atom stereocenters. The van der Waals surface area contributed by atoms with Crippen molar-refractivity contribution in [1.82, 2.24) is 14.8 Å². The van der Waals surface area contributed by atoms with E-state index in [0.29, 0.717) is 27.5 Å². The Balaban J connectivity index is 1.35. The maximum Gasteiger partial charge on any atom is 0.237 e. The van der Waals surface area contributed by atoms with Crippen molar-refractivity contribution in [1.29, 1.82) is 0 Å². The highest BCUT2D eigenvalue weighted by Crippen LogP contribution is 2.32. The fourth-order valence-corrected chi connectivity index (χ4v) is 4.43. The van der Waals surface area contributed by atoms with E-state index < -0.39 is 5.25 Å². The number of rotatable bonds is 5. The topological polar surface area (TPSA) is 93.9 Å². The fourth-order valence-electron chi connectivity index (χ4n) is 3.70. The lowest BCUT2D eigenvalue weighted by Gasteiger charge is -2.21. The molecule has 0 saturated carbocycles. The molecule has 1 N–H and O–H groups in total. The predicted molar refractivity (Wildman–Crippen MR) is 125 cm³/mol. The van der Waals surface area contributed by atoms with Crippen molar-refractivity contribution in [2.24, 2.45) is 0 Å². The maximum absolute atomic E-state index is 13.1. The van der Waals surface area contributed by atoms with Gasteiger partial charge in [0, 0.05) is 16.7 Å². The molecule has 4 aromatic rings. The van der Waals surface area contributed by atoms with Crippen molar-refractivity contribution in [3.8, 4) is 5.69 Å². The molecule has 0 aliphatic heterocycles. The van der Waals surface area contributed by atoms with Gasteiger partial charge in [0.2, 0.25) is 11.1 Å². The number of carbonyl (C=O) groups is 3. The van der Waals surface area contributed by atoms with Gasteiger partial charge < -0.3 is 5.32 Å². The van der Waals surface area contributed by atoms with Crippen molar-refractivity contribution in [3.05, 3.63) is 101 Å². The SMILES string of the molecule is CC(Sc1ncn(-c2ccccc2)n1)C(=O)Nc1cccc2c1C(=O)c1ccccc1C2=O. The molecule has 0 fully saturated rings. The van der Waals surface area contributed by atoms with E-state index in [0.717, 1.165) is 5.69 Å². The lowest BCUT2D eigenvalue weighted by atomic mass is 9.83. The van der Waals surface area contributed by atoms with Crippen LogP contribution in [0.3, 0.4) is 0 Å². The summed E-state index contributed by atoms with van der Waals surface area (Å²) in [6.07, 6.45) is 1.59. The number of anilines is 1. The minimum atomic E-state index is -0.533. The van der Waals surface area contributed by atoms with Crippen LogP contribution in [-0.4, -0.2) is 37.5 Å². The average molecular weight is 455 g/mol. The van der Waals surface area contributed by atoms with E-state index in [1.165, 1.54) is 11.8 Å². The first-order valence-electron chi connectivity index (χ1n) is 10.3. The lowest BCUT2D eigenvalue weighted by molar-refractivity contribution is -0.115. The molecular formula is C25H18N4O3S. The molecule has 162 valence electrons. The molecule has 0 radical (unpaired) electrons. The normalized spacial score (nSPS) is 13.2. The number of thioether (sulfide) groups is 1. The van der Waals surface area contributed by atoms with E-state index >= 15 is 0 Å². The first-order valence-corrected chi connectivity index (χ1v) is 11.2. The van der Waals surface area contributed by atoms with Crippen LogP contribution in [0.1, 0.15) is 38.8 Å². The summed E-state index contributed by atoms with van der Waals surface area (Å²) in [6, 6.07) is 21.2. The van der Waals surface area contributed by atoms with Gasteiger partial charge in [0.15, 0.2) is 11.6 Å². The van der Waals surface area contributed by atoms with E-state index in [2.05, 4.69) is 15.4 Å². The van der Waals surface area contributed by atoms with Gasteiger partial charge in [-0.3, -0.25) is 14.4 Å². The van der Waals surface area contributed by atoms with E-state index in [9.17, 15) is 14.4 Å². The van der Waals surface area contributed by atoms with Crippen molar-refractivity contribution < 1.29 is 14.4 Å². The molecule has 0 saturated heterocycles. The van der Waals surface area contributed by atoms with Gasteiger partial charge in [-0.2, -0.15) is 0 Å². The number of nitrogens with one attached hydrogen (secondary N) is 1. The third-order valence-corrected chi connectivity index (χ3v) is 6.32. The molecule has 3 aromatic carbocycles. The van der Waals surface area contributed by atoms with Gasteiger partial charge in [-0.15, -0.1) is 5.10 Å². The van der Waals surface area contributed by atoms with E-state index in [1.807, 2.05) is 30.3 Å². The average Bonchev–Trinajstić information content (AvgIpc) is 3.31. The van der Waals surface area contributed by atoms with Gasteiger partial charge in [-0.05, 0) is 25.1 Å². The molecule has 33 heavy (non-hydrogen) atoms. The van der Waals surface area contributed by atoms with Crippen molar-refractivity contribution >= 4 is 34.9 Å². The zero-order valence-electron chi connectivity index (χ0n) is 17.6. The summed E-state index contributed by atoms with van der Waals surface area (Å²) in [5, 5.41) is 7.15. The summed E-state index contributed by atoms with van der Waals surface area (Å²) in [5.74, 6) is -0.822. The number of para-hydroxylation sites is 1. The third-order valence-electron chi connectivity index (χ3n) is 5.35. The zero-order chi connectivity index (χ0) is 22.9. The first kappa shape index (κ1) is 20.8. The highest BCUT2D eigenvalue weighted by atomic mass is 32.2. The maximum atomic E-state index is 13.1. The number of hydrogen-bond donors (Lipinski definition) is 1. The van der Waals surface area contributed by atoms with E-state index in [1.54, 1.807) is 60.4 Å². The van der Waals surface area contributed by atoms with Crippen LogP contribution in [0.5, 0.6) is 0 Å². The second kappa shape index (κ2) is 8.48. The second-order valence-corrected chi connectivity index (χ2v) is 8.80. The first-order chi connectivity index (χ1) is 16.0. The molecule has 5 rings (SSSR count). The second-order valence-electron chi connectivity index (χ2n) is 7.49. The Kier molecular flexibility index (Phi) is 5.35. The van der Waals surface area contributed by atoms with Gasteiger partial charge in [-0.25, -0.2) is 9.67 Å². The molecule has 1 aliphatic rings. The molecule has 1 amide bonds. The summed E-state index contributed by atoms with van der Waals surface area (Å²) in [7, 11) is 0.